The minimum absolute atomic E-state index is 0.121. The molecule has 0 radical (unpaired) electrons. The Morgan fingerprint density at radius 1 is 0.625 bits per heavy atom. The van der Waals surface area contributed by atoms with Crippen LogP contribution in [0.15, 0.2) is 0 Å². The zero-order valence-corrected chi connectivity index (χ0v) is 21.2. The van der Waals surface area contributed by atoms with E-state index in [1.165, 1.54) is 0 Å². The van der Waals surface area contributed by atoms with Crippen LogP contribution in [0.1, 0.15) is 112 Å². The summed E-state index contributed by atoms with van der Waals surface area (Å²) in [7, 11) is 0. The fraction of sp³-hybridized carbons (Fsp3) is 0.880. The summed E-state index contributed by atoms with van der Waals surface area (Å²) < 4.78 is 15.5. The van der Waals surface area contributed by atoms with Crippen LogP contribution in [0.5, 0.6) is 0 Å². The van der Waals surface area contributed by atoms with Gasteiger partial charge in [-0.2, -0.15) is 0 Å². The fourth-order valence-corrected chi connectivity index (χ4v) is 3.29. The number of unbranched alkanes of at least 4 members (excludes halogenated alkanes) is 8. The summed E-state index contributed by atoms with van der Waals surface area (Å²) in [6, 6.07) is 0. The largest absolute Gasteiger partial charge is 0.466 e. The van der Waals surface area contributed by atoms with E-state index in [0.717, 1.165) is 64.2 Å². The molecular weight excluding hydrogens is 410 g/mol. The number of ether oxygens (including phenoxy) is 3. The Hall–Kier alpha value is -1.79. The van der Waals surface area contributed by atoms with Gasteiger partial charge < -0.3 is 19.1 Å². The van der Waals surface area contributed by atoms with Crippen LogP contribution in [-0.4, -0.2) is 54.8 Å². The summed E-state index contributed by atoms with van der Waals surface area (Å²) in [6.45, 7) is 11.6. The second-order valence-corrected chi connectivity index (χ2v) is 9.11. The number of hydrogen-bond donors (Lipinski definition) is 0. The molecular formula is C25H47NO6. The molecule has 0 N–H and O–H groups in total. The van der Waals surface area contributed by atoms with Crippen LogP contribution in [0, 0.1) is 0 Å². The molecule has 32 heavy (non-hydrogen) atoms. The van der Waals surface area contributed by atoms with Gasteiger partial charge in [-0.15, -0.1) is 0 Å². The van der Waals surface area contributed by atoms with E-state index in [1.807, 2.05) is 39.5 Å². The van der Waals surface area contributed by atoms with Gasteiger partial charge in [0.1, 0.15) is 5.60 Å². The summed E-state index contributed by atoms with van der Waals surface area (Å²) >= 11 is 0. The van der Waals surface area contributed by atoms with Crippen molar-refractivity contribution in [3.63, 3.8) is 0 Å². The van der Waals surface area contributed by atoms with Gasteiger partial charge in [0, 0.05) is 25.9 Å². The number of esters is 2. The molecule has 0 heterocycles. The molecule has 0 aliphatic heterocycles. The van der Waals surface area contributed by atoms with Gasteiger partial charge in [-0.3, -0.25) is 9.59 Å². The van der Waals surface area contributed by atoms with Gasteiger partial charge in [0.2, 0.25) is 0 Å². The predicted molar refractivity (Wildman–Crippen MR) is 126 cm³/mol. The molecule has 0 unspecified atom stereocenters. The number of amides is 1. The first-order valence-corrected chi connectivity index (χ1v) is 12.5. The molecule has 0 saturated carbocycles. The van der Waals surface area contributed by atoms with E-state index in [0.29, 0.717) is 39.1 Å². The van der Waals surface area contributed by atoms with Gasteiger partial charge in [-0.1, -0.05) is 38.5 Å². The molecule has 0 aromatic carbocycles. The van der Waals surface area contributed by atoms with E-state index >= 15 is 0 Å². The van der Waals surface area contributed by atoms with Crippen LogP contribution in [0.25, 0.3) is 0 Å². The van der Waals surface area contributed by atoms with Crippen LogP contribution >= 0.6 is 0 Å². The monoisotopic (exact) mass is 457 g/mol. The third kappa shape index (κ3) is 18.9. The van der Waals surface area contributed by atoms with Gasteiger partial charge in [-0.05, 0) is 60.3 Å². The first-order chi connectivity index (χ1) is 15.2. The quantitative estimate of drug-likeness (QED) is 0.142. The van der Waals surface area contributed by atoms with Crippen LogP contribution in [0.4, 0.5) is 4.79 Å². The zero-order valence-electron chi connectivity index (χ0n) is 21.2. The number of carbonyl (C=O) groups is 3. The first kappa shape index (κ1) is 30.2. The maximum atomic E-state index is 12.6. The van der Waals surface area contributed by atoms with Crippen molar-refractivity contribution >= 4 is 18.0 Å². The second kappa shape index (κ2) is 18.8. The van der Waals surface area contributed by atoms with Gasteiger partial charge in [-0.25, -0.2) is 4.79 Å². The summed E-state index contributed by atoms with van der Waals surface area (Å²) in [5.74, 6) is -0.242. The van der Waals surface area contributed by atoms with Gasteiger partial charge in [0.15, 0.2) is 0 Å². The van der Waals surface area contributed by atoms with Crippen LogP contribution < -0.4 is 0 Å². The Bertz CT molecular complexity index is 483. The maximum Gasteiger partial charge on any atom is 0.410 e. The minimum Gasteiger partial charge on any atom is -0.466 e. The number of nitrogens with zero attached hydrogens (tertiary/aromatic N) is 1. The summed E-state index contributed by atoms with van der Waals surface area (Å²) in [6.07, 6.45) is 10.4. The number of rotatable bonds is 18. The fourth-order valence-electron chi connectivity index (χ4n) is 3.29. The van der Waals surface area contributed by atoms with Gasteiger partial charge in [0.25, 0.3) is 0 Å². The van der Waals surface area contributed by atoms with Crippen LogP contribution in [-0.2, 0) is 23.8 Å². The standard InChI is InChI=1S/C25H47NO6/c1-6-30-22(27)18-14-10-8-12-16-20-26(24(29)32-25(3,4)5)21-17-13-9-11-15-19-23(28)31-7-2/h6-21H2,1-5H3. The third-order valence-corrected chi connectivity index (χ3v) is 4.88. The van der Waals surface area contributed by atoms with Crippen LogP contribution in [0.2, 0.25) is 0 Å². The Morgan fingerprint density at radius 2 is 1.00 bits per heavy atom. The third-order valence-electron chi connectivity index (χ3n) is 4.88. The Morgan fingerprint density at radius 3 is 1.38 bits per heavy atom. The van der Waals surface area contributed by atoms with E-state index in [4.69, 9.17) is 14.2 Å². The average Bonchev–Trinajstić information content (AvgIpc) is 2.69. The van der Waals surface area contributed by atoms with E-state index in [9.17, 15) is 14.4 Å². The van der Waals surface area contributed by atoms with E-state index < -0.39 is 5.60 Å². The summed E-state index contributed by atoms with van der Waals surface area (Å²) in [5, 5.41) is 0. The molecule has 0 bridgehead atoms. The highest BCUT2D eigenvalue weighted by atomic mass is 16.6. The minimum atomic E-state index is -0.504. The Kier molecular flexibility index (Phi) is 17.7. The Balaban J connectivity index is 4.12. The molecule has 1 amide bonds. The lowest BCUT2D eigenvalue weighted by molar-refractivity contribution is -0.144. The highest BCUT2D eigenvalue weighted by molar-refractivity contribution is 5.69. The van der Waals surface area contributed by atoms with Crippen LogP contribution in [0.3, 0.4) is 0 Å². The molecule has 0 rings (SSSR count). The van der Waals surface area contributed by atoms with Crippen molar-refractivity contribution in [3.8, 4) is 0 Å². The molecule has 7 heteroatoms. The highest BCUT2D eigenvalue weighted by Crippen LogP contribution is 2.14. The summed E-state index contributed by atoms with van der Waals surface area (Å²) in [4.78, 5) is 37.1. The topological polar surface area (TPSA) is 82.1 Å². The molecule has 0 aliphatic carbocycles. The lowest BCUT2D eigenvalue weighted by Crippen LogP contribution is -2.38. The predicted octanol–water partition coefficient (Wildman–Crippen LogP) is 6.03. The van der Waals surface area contributed by atoms with Gasteiger partial charge in [0.05, 0.1) is 13.2 Å². The molecule has 188 valence electrons. The normalized spacial score (nSPS) is 11.2. The molecule has 0 fully saturated rings. The van der Waals surface area contributed by atoms with Crippen molar-refractivity contribution in [2.24, 2.45) is 0 Å². The van der Waals surface area contributed by atoms with Crippen molar-refractivity contribution in [2.45, 2.75) is 117 Å². The average molecular weight is 458 g/mol. The molecule has 0 atom stereocenters. The SMILES string of the molecule is CCOC(=O)CCCCCCCN(CCCCCCCC(=O)OCC)C(=O)OC(C)(C)C. The maximum absolute atomic E-state index is 12.6. The second-order valence-electron chi connectivity index (χ2n) is 9.11. The summed E-state index contributed by atoms with van der Waals surface area (Å²) in [5.41, 5.74) is -0.504. The molecule has 0 aromatic rings. The van der Waals surface area contributed by atoms with Crippen molar-refractivity contribution in [1.29, 1.82) is 0 Å². The molecule has 0 saturated heterocycles. The van der Waals surface area contributed by atoms with Crippen molar-refractivity contribution in [1.82, 2.24) is 4.90 Å². The number of hydrogen-bond acceptors (Lipinski definition) is 6. The Labute approximate surface area is 195 Å². The molecule has 0 aromatic heterocycles. The first-order valence-electron chi connectivity index (χ1n) is 12.5. The lowest BCUT2D eigenvalue weighted by Gasteiger charge is -2.27. The molecule has 7 nitrogen and oxygen atoms in total. The van der Waals surface area contributed by atoms with E-state index in [2.05, 4.69) is 0 Å². The van der Waals surface area contributed by atoms with Crippen molar-refractivity contribution in [3.05, 3.63) is 0 Å². The smallest absolute Gasteiger partial charge is 0.410 e. The van der Waals surface area contributed by atoms with E-state index in [1.54, 1.807) is 0 Å². The van der Waals surface area contributed by atoms with E-state index in [-0.39, 0.29) is 18.0 Å². The molecule has 0 spiro atoms. The van der Waals surface area contributed by atoms with Gasteiger partial charge >= 0.3 is 18.0 Å². The molecule has 0 aliphatic rings. The van der Waals surface area contributed by atoms with Crippen molar-refractivity contribution in [2.75, 3.05) is 26.3 Å². The lowest BCUT2D eigenvalue weighted by atomic mass is 10.1. The highest BCUT2D eigenvalue weighted by Gasteiger charge is 2.21. The number of carbonyl (C=O) groups excluding carboxylic acids is 3. The zero-order chi connectivity index (χ0) is 24.2. The van der Waals surface area contributed by atoms with Crippen molar-refractivity contribution < 1.29 is 28.6 Å².